The summed E-state index contributed by atoms with van der Waals surface area (Å²) in [5.41, 5.74) is 2.06. The second kappa shape index (κ2) is 2.55. The number of rotatable bonds is 1. The highest BCUT2D eigenvalue weighted by atomic mass is 35.5. The molecule has 0 fully saturated rings. The first-order valence-electron chi connectivity index (χ1n) is 3.30. The van der Waals surface area contributed by atoms with Gasteiger partial charge in [-0.15, -0.1) is 11.6 Å². The van der Waals surface area contributed by atoms with Gasteiger partial charge >= 0.3 is 0 Å². The zero-order valence-corrected chi connectivity index (χ0v) is 6.52. The Labute approximate surface area is 69.2 Å². The fraction of sp³-hybridized carbons (Fsp3) is 0.125. The standard InChI is InChI=1S/C8H6ClN2/c9-4-6-2-1-3-7-5-10-11-8(6)7/h2-3,5H,4H2,(H,10,11). The van der Waals surface area contributed by atoms with Gasteiger partial charge in [0.1, 0.15) is 0 Å². The number of hydrogen-bond acceptors (Lipinski definition) is 1. The van der Waals surface area contributed by atoms with Crippen LogP contribution in [0.25, 0.3) is 10.9 Å². The number of benzene rings is 1. The highest BCUT2D eigenvalue weighted by Crippen LogP contribution is 2.16. The first-order valence-corrected chi connectivity index (χ1v) is 3.83. The quantitative estimate of drug-likeness (QED) is 0.645. The second-order valence-electron chi connectivity index (χ2n) is 2.31. The molecule has 2 nitrogen and oxygen atoms in total. The lowest BCUT2D eigenvalue weighted by Gasteiger charge is -1.94. The van der Waals surface area contributed by atoms with E-state index in [1.165, 1.54) is 0 Å². The summed E-state index contributed by atoms with van der Waals surface area (Å²) < 4.78 is 0. The van der Waals surface area contributed by atoms with Gasteiger partial charge in [0.05, 0.1) is 11.7 Å². The fourth-order valence-electron chi connectivity index (χ4n) is 1.07. The predicted octanol–water partition coefficient (Wildman–Crippen LogP) is 2.10. The topological polar surface area (TPSA) is 28.7 Å². The normalized spacial score (nSPS) is 10.6. The van der Waals surface area contributed by atoms with Crippen molar-refractivity contribution in [2.24, 2.45) is 0 Å². The number of nitrogens with zero attached hydrogens (tertiary/aromatic N) is 1. The summed E-state index contributed by atoms with van der Waals surface area (Å²) in [5, 5.41) is 7.85. The molecule has 0 aliphatic carbocycles. The van der Waals surface area contributed by atoms with Crippen LogP contribution in [-0.4, -0.2) is 10.2 Å². The van der Waals surface area contributed by atoms with Crippen molar-refractivity contribution in [1.29, 1.82) is 0 Å². The number of fused-ring (bicyclic) bond motifs is 1. The van der Waals surface area contributed by atoms with Crippen LogP contribution in [0.5, 0.6) is 0 Å². The third-order valence-corrected chi connectivity index (χ3v) is 1.92. The summed E-state index contributed by atoms with van der Waals surface area (Å²) in [7, 11) is 0. The molecule has 1 aromatic carbocycles. The molecule has 1 radical (unpaired) electrons. The van der Waals surface area contributed by atoms with Crippen LogP contribution < -0.4 is 0 Å². The number of alkyl halides is 1. The van der Waals surface area contributed by atoms with Gasteiger partial charge in [0.15, 0.2) is 0 Å². The minimum atomic E-state index is 0.496. The van der Waals surface area contributed by atoms with E-state index in [9.17, 15) is 0 Å². The summed E-state index contributed by atoms with van der Waals surface area (Å²) in [4.78, 5) is 0. The van der Waals surface area contributed by atoms with E-state index in [1.54, 1.807) is 6.20 Å². The number of aromatic nitrogens is 2. The van der Waals surface area contributed by atoms with Crippen LogP contribution in [0.15, 0.2) is 18.3 Å². The molecule has 1 N–H and O–H groups in total. The van der Waals surface area contributed by atoms with Crippen LogP contribution in [0.3, 0.4) is 0 Å². The molecule has 0 spiro atoms. The van der Waals surface area contributed by atoms with Crippen LogP contribution in [0.1, 0.15) is 5.56 Å². The van der Waals surface area contributed by atoms with Crippen molar-refractivity contribution in [2.45, 2.75) is 5.88 Å². The van der Waals surface area contributed by atoms with Crippen molar-refractivity contribution >= 4 is 22.5 Å². The van der Waals surface area contributed by atoms with Gasteiger partial charge in [0.25, 0.3) is 0 Å². The number of halogens is 1. The first-order chi connectivity index (χ1) is 5.42. The molecule has 0 amide bonds. The summed E-state index contributed by atoms with van der Waals surface area (Å²) in [6.45, 7) is 0. The highest BCUT2D eigenvalue weighted by molar-refractivity contribution is 6.17. The largest absolute Gasteiger partial charge is 0.278 e. The van der Waals surface area contributed by atoms with Crippen LogP contribution in [0.2, 0.25) is 0 Å². The number of nitrogens with one attached hydrogen (secondary N) is 1. The smallest absolute Gasteiger partial charge is 0.0694 e. The van der Waals surface area contributed by atoms with E-state index < -0.39 is 0 Å². The Bertz CT molecular complexity index is 367. The zero-order valence-electron chi connectivity index (χ0n) is 5.76. The summed E-state index contributed by atoms with van der Waals surface area (Å²) in [6, 6.07) is 6.75. The summed E-state index contributed by atoms with van der Waals surface area (Å²) >= 11 is 5.70. The summed E-state index contributed by atoms with van der Waals surface area (Å²) in [6.07, 6.45) is 1.77. The number of aromatic amines is 1. The molecule has 1 heterocycles. The molecule has 0 saturated carbocycles. The monoisotopic (exact) mass is 165 g/mol. The molecular weight excluding hydrogens is 160 g/mol. The Morgan fingerprint density at radius 2 is 2.45 bits per heavy atom. The highest BCUT2D eigenvalue weighted by Gasteiger charge is 1.99. The Kier molecular flexibility index (Phi) is 1.55. The number of hydrogen-bond donors (Lipinski definition) is 1. The SMILES string of the molecule is ClCc1c[c]cc2cn[nH]c12. The third-order valence-electron chi connectivity index (χ3n) is 1.63. The maximum Gasteiger partial charge on any atom is 0.0694 e. The minimum Gasteiger partial charge on any atom is -0.278 e. The molecule has 55 valence electrons. The molecule has 0 atom stereocenters. The van der Waals surface area contributed by atoms with E-state index in [0.29, 0.717) is 5.88 Å². The lowest BCUT2D eigenvalue weighted by Crippen LogP contribution is -1.79. The van der Waals surface area contributed by atoms with Gasteiger partial charge < -0.3 is 0 Å². The van der Waals surface area contributed by atoms with E-state index in [1.807, 2.05) is 12.1 Å². The Morgan fingerprint density at radius 1 is 1.55 bits per heavy atom. The van der Waals surface area contributed by atoms with Gasteiger partial charge in [-0.2, -0.15) is 5.10 Å². The van der Waals surface area contributed by atoms with E-state index in [2.05, 4.69) is 16.3 Å². The van der Waals surface area contributed by atoms with Crippen molar-refractivity contribution in [3.8, 4) is 0 Å². The van der Waals surface area contributed by atoms with Gasteiger partial charge in [-0.1, -0.05) is 0 Å². The predicted molar refractivity (Wildman–Crippen MR) is 44.5 cm³/mol. The molecule has 0 aliphatic rings. The van der Waals surface area contributed by atoms with Gasteiger partial charge in [-0.25, -0.2) is 0 Å². The van der Waals surface area contributed by atoms with Crippen molar-refractivity contribution < 1.29 is 0 Å². The van der Waals surface area contributed by atoms with Crippen LogP contribution in [0.4, 0.5) is 0 Å². The van der Waals surface area contributed by atoms with Crippen LogP contribution in [-0.2, 0) is 5.88 Å². The molecule has 0 saturated heterocycles. The van der Waals surface area contributed by atoms with E-state index >= 15 is 0 Å². The minimum absolute atomic E-state index is 0.496. The van der Waals surface area contributed by atoms with Crippen molar-refractivity contribution in [1.82, 2.24) is 10.2 Å². The molecule has 11 heavy (non-hydrogen) atoms. The van der Waals surface area contributed by atoms with Crippen LogP contribution in [0, 0.1) is 6.07 Å². The molecular formula is C8H6ClN2. The number of H-pyrrole nitrogens is 1. The Morgan fingerprint density at radius 3 is 3.27 bits per heavy atom. The lowest BCUT2D eigenvalue weighted by atomic mass is 10.2. The maximum absolute atomic E-state index is 5.70. The van der Waals surface area contributed by atoms with E-state index in [4.69, 9.17) is 11.6 Å². The summed E-state index contributed by atoms with van der Waals surface area (Å²) in [5.74, 6) is 0.496. The average molecular weight is 166 g/mol. The zero-order chi connectivity index (χ0) is 7.68. The fourth-order valence-corrected chi connectivity index (χ4v) is 1.28. The Balaban J connectivity index is 2.79. The molecule has 1 aromatic heterocycles. The van der Waals surface area contributed by atoms with Crippen molar-refractivity contribution in [2.75, 3.05) is 0 Å². The van der Waals surface area contributed by atoms with Crippen molar-refractivity contribution in [3.63, 3.8) is 0 Å². The molecule has 2 rings (SSSR count). The molecule has 0 bridgehead atoms. The third kappa shape index (κ3) is 0.994. The van der Waals surface area contributed by atoms with Crippen LogP contribution >= 0.6 is 11.6 Å². The lowest BCUT2D eigenvalue weighted by molar-refractivity contribution is 1.11. The maximum atomic E-state index is 5.70. The first kappa shape index (κ1) is 6.68. The van der Waals surface area contributed by atoms with Crippen molar-refractivity contribution in [3.05, 3.63) is 30.0 Å². The molecule has 0 unspecified atom stereocenters. The van der Waals surface area contributed by atoms with Gasteiger partial charge in [0, 0.05) is 11.3 Å². The van der Waals surface area contributed by atoms with Gasteiger partial charge in [-0.3, -0.25) is 5.10 Å². The molecule has 0 aliphatic heterocycles. The Hall–Kier alpha value is -1.02. The van der Waals surface area contributed by atoms with Gasteiger partial charge in [-0.05, 0) is 23.8 Å². The molecule has 3 heteroatoms. The average Bonchev–Trinajstić information content (AvgIpc) is 2.50. The van der Waals surface area contributed by atoms with Gasteiger partial charge in [0.2, 0.25) is 0 Å². The second-order valence-corrected chi connectivity index (χ2v) is 2.58. The van der Waals surface area contributed by atoms with E-state index in [0.717, 1.165) is 16.5 Å². The molecule has 2 aromatic rings. The van der Waals surface area contributed by atoms with E-state index in [-0.39, 0.29) is 0 Å².